The molecule has 17 heavy (non-hydrogen) atoms. The van der Waals surface area contributed by atoms with Crippen molar-refractivity contribution in [3.8, 4) is 11.5 Å². The number of hydrogen-bond donors (Lipinski definition) is 1. The molecule has 0 heterocycles. The highest BCUT2D eigenvalue weighted by atomic mass is 79.9. The molecular formula is C10H8BrF3O3. The third-order valence-electron chi connectivity index (χ3n) is 1.83. The summed E-state index contributed by atoms with van der Waals surface area (Å²) in [6.45, 7) is 0. The van der Waals surface area contributed by atoms with E-state index in [-0.39, 0.29) is 17.8 Å². The van der Waals surface area contributed by atoms with Gasteiger partial charge in [-0.05, 0) is 18.2 Å². The van der Waals surface area contributed by atoms with E-state index in [1.165, 1.54) is 6.07 Å². The quantitative estimate of drug-likeness (QED) is 0.685. The molecule has 0 aliphatic heterocycles. The van der Waals surface area contributed by atoms with Crippen LogP contribution in [0.5, 0.6) is 11.5 Å². The van der Waals surface area contributed by atoms with E-state index < -0.39 is 17.9 Å². The van der Waals surface area contributed by atoms with Crippen molar-refractivity contribution in [1.29, 1.82) is 0 Å². The molecule has 1 aromatic carbocycles. The summed E-state index contributed by atoms with van der Waals surface area (Å²) in [6, 6.07) is 3.03. The number of rotatable bonds is 4. The summed E-state index contributed by atoms with van der Waals surface area (Å²) >= 11 is 3.06. The molecule has 0 aliphatic carbocycles. The largest absolute Gasteiger partial charge is 0.573 e. The number of aromatic hydroxyl groups is 1. The highest BCUT2D eigenvalue weighted by molar-refractivity contribution is 9.09. The molecule has 94 valence electrons. The molecule has 7 heteroatoms. The standard InChI is InChI=1S/C10H8BrF3O3/c11-4-3-7(15)6-1-2-9(8(16)5-6)17-10(12,13)14/h1-2,5,16H,3-4H2. The number of hydrogen-bond acceptors (Lipinski definition) is 3. The molecule has 0 atom stereocenters. The first-order valence-corrected chi connectivity index (χ1v) is 5.63. The third kappa shape index (κ3) is 4.26. The summed E-state index contributed by atoms with van der Waals surface area (Å²) in [5.41, 5.74) is 0.136. The summed E-state index contributed by atoms with van der Waals surface area (Å²) in [6.07, 6.45) is -4.68. The maximum absolute atomic E-state index is 11.9. The molecule has 0 amide bonds. The summed E-state index contributed by atoms with van der Waals surface area (Å²) in [5.74, 6) is -1.73. The molecule has 0 aromatic heterocycles. The van der Waals surface area contributed by atoms with Crippen LogP contribution in [0.15, 0.2) is 18.2 Å². The maximum atomic E-state index is 11.9. The fourth-order valence-electron chi connectivity index (χ4n) is 1.13. The van der Waals surface area contributed by atoms with E-state index in [0.29, 0.717) is 5.33 Å². The van der Waals surface area contributed by atoms with E-state index in [4.69, 9.17) is 0 Å². The average Bonchev–Trinajstić information content (AvgIpc) is 2.19. The van der Waals surface area contributed by atoms with Gasteiger partial charge in [0.1, 0.15) is 0 Å². The fraction of sp³-hybridized carbons (Fsp3) is 0.300. The highest BCUT2D eigenvalue weighted by Gasteiger charge is 2.32. The summed E-state index contributed by atoms with van der Waals surface area (Å²) in [5, 5.41) is 9.72. The molecule has 0 unspecified atom stereocenters. The van der Waals surface area contributed by atoms with Crippen LogP contribution >= 0.6 is 15.9 Å². The number of carbonyl (C=O) groups is 1. The predicted octanol–water partition coefficient (Wildman–Crippen LogP) is 3.26. The lowest BCUT2D eigenvalue weighted by Crippen LogP contribution is -2.17. The number of halogens is 4. The molecule has 0 spiro atoms. The first-order valence-electron chi connectivity index (χ1n) is 4.51. The molecule has 0 bridgehead atoms. The number of carbonyl (C=O) groups excluding carboxylic acids is 1. The minimum atomic E-state index is -4.88. The second-order valence-electron chi connectivity index (χ2n) is 3.09. The lowest BCUT2D eigenvalue weighted by atomic mass is 10.1. The molecule has 1 N–H and O–H groups in total. The zero-order valence-electron chi connectivity index (χ0n) is 8.42. The molecule has 0 aliphatic rings. The molecule has 0 saturated heterocycles. The molecular weight excluding hydrogens is 305 g/mol. The molecule has 1 aromatic rings. The van der Waals surface area contributed by atoms with Gasteiger partial charge < -0.3 is 9.84 Å². The average molecular weight is 313 g/mol. The molecule has 0 saturated carbocycles. The van der Waals surface area contributed by atoms with Gasteiger partial charge in [0.05, 0.1) is 0 Å². The van der Waals surface area contributed by atoms with Crippen molar-refractivity contribution in [2.45, 2.75) is 12.8 Å². The smallest absolute Gasteiger partial charge is 0.504 e. The third-order valence-corrected chi connectivity index (χ3v) is 2.22. The Balaban J connectivity index is 2.90. The Kier molecular flexibility index (Phi) is 4.39. The van der Waals surface area contributed by atoms with Gasteiger partial charge in [-0.3, -0.25) is 4.79 Å². The highest BCUT2D eigenvalue weighted by Crippen LogP contribution is 2.32. The Bertz CT molecular complexity index is 418. The lowest BCUT2D eigenvalue weighted by Gasteiger charge is -2.10. The van der Waals surface area contributed by atoms with E-state index >= 15 is 0 Å². The molecule has 1 rings (SSSR count). The second-order valence-corrected chi connectivity index (χ2v) is 3.89. The number of benzene rings is 1. The van der Waals surface area contributed by atoms with Gasteiger partial charge in [-0.15, -0.1) is 13.2 Å². The van der Waals surface area contributed by atoms with E-state index in [1.807, 2.05) is 0 Å². The second kappa shape index (κ2) is 5.39. The first kappa shape index (κ1) is 13.8. The number of alkyl halides is 4. The zero-order valence-corrected chi connectivity index (χ0v) is 10.0. The van der Waals surface area contributed by atoms with Gasteiger partial charge >= 0.3 is 6.36 Å². The molecule has 0 fully saturated rings. The normalized spacial score (nSPS) is 11.3. The van der Waals surface area contributed by atoms with Crippen LogP contribution < -0.4 is 4.74 Å². The monoisotopic (exact) mass is 312 g/mol. The lowest BCUT2D eigenvalue weighted by molar-refractivity contribution is -0.275. The van der Waals surface area contributed by atoms with Crippen LogP contribution in [0.1, 0.15) is 16.8 Å². The van der Waals surface area contributed by atoms with E-state index in [9.17, 15) is 23.1 Å². The molecule has 3 nitrogen and oxygen atoms in total. The Hall–Kier alpha value is -1.24. The zero-order chi connectivity index (χ0) is 13.1. The SMILES string of the molecule is O=C(CCBr)c1ccc(OC(F)(F)F)c(O)c1. The minimum absolute atomic E-state index is 0.136. The summed E-state index contributed by atoms with van der Waals surface area (Å²) < 4.78 is 39.2. The Labute approximate surface area is 103 Å². The van der Waals surface area contributed by atoms with Crippen LogP contribution in [0.25, 0.3) is 0 Å². The van der Waals surface area contributed by atoms with Crippen molar-refractivity contribution in [2.24, 2.45) is 0 Å². The minimum Gasteiger partial charge on any atom is -0.504 e. The van der Waals surface area contributed by atoms with E-state index in [1.54, 1.807) is 0 Å². The maximum Gasteiger partial charge on any atom is 0.573 e. The van der Waals surface area contributed by atoms with Crippen LogP contribution in [0.4, 0.5) is 13.2 Å². The Morgan fingerprint density at radius 1 is 1.41 bits per heavy atom. The number of ketones is 1. The Morgan fingerprint density at radius 2 is 2.06 bits per heavy atom. The van der Waals surface area contributed by atoms with Gasteiger partial charge in [-0.1, -0.05) is 15.9 Å². The van der Waals surface area contributed by atoms with Gasteiger partial charge in [0.15, 0.2) is 17.3 Å². The van der Waals surface area contributed by atoms with Crippen LogP contribution in [0.3, 0.4) is 0 Å². The fourth-order valence-corrected chi connectivity index (χ4v) is 1.49. The van der Waals surface area contributed by atoms with E-state index in [0.717, 1.165) is 12.1 Å². The molecule has 0 radical (unpaired) electrons. The van der Waals surface area contributed by atoms with Crippen LogP contribution in [0.2, 0.25) is 0 Å². The van der Waals surface area contributed by atoms with Crippen LogP contribution in [-0.2, 0) is 0 Å². The van der Waals surface area contributed by atoms with Crippen LogP contribution in [0, 0.1) is 0 Å². The van der Waals surface area contributed by atoms with Crippen molar-refractivity contribution < 1.29 is 27.8 Å². The van der Waals surface area contributed by atoms with E-state index in [2.05, 4.69) is 20.7 Å². The predicted molar refractivity (Wildman–Crippen MR) is 57.5 cm³/mol. The summed E-state index contributed by atoms with van der Waals surface area (Å²) in [7, 11) is 0. The number of Topliss-reactive ketones (excluding diaryl/α,β-unsaturated/α-hetero) is 1. The van der Waals surface area contributed by atoms with Crippen molar-refractivity contribution in [3.05, 3.63) is 23.8 Å². The topological polar surface area (TPSA) is 46.5 Å². The number of phenols is 1. The number of phenolic OH excluding ortho intramolecular Hbond substituents is 1. The van der Waals surface area contributed by atoms with Gasteiger partial charge in [0, 0.05) is 17.3 Å². The first-order chi connectivity index (χ1) is 7.83. The Morgan fingerprint density at radius 3 is 2.53 bits per heavy atom. The van der Waals surface area contributed by atoms with Crippen molar-refractivity contribution in [1.82, 2.24) is 0 Å². The van der Waals surface area contributed by atoms with Gasteiger partial charge in [-0.2, -0.15) is 0 Å². The van der Waals surface area contributed by atoms with Crippen molar-refractivity contribution >= 4 is 21.7 Å². The van der Waals surface area contributed by atoms with Gasteiger partial charge in [0.2, 0.25) is 0 Å². The van der Waals surface area contributed by atoms with Crippen LogP contribution in [-0.4, -0.2) is 22.6 Å². The number of ether oxygens (including phenoxy) is 1. The van der Waals surface area contributed by atoms with Gasteiger partial charge in [-0.25, -0.2) is 0 Å². The summed E-state index contributed by atoms with van der Waals surface area (Å²) in [4.78, 5) is 11.4. The van der Waals surface area contributed by atoms with Gasteiger partial charge in [0.25, 0.3) is 0 Å². The van der Waals surface area contributed by atoms with Crippen molar-refractivity contribution in [2.75, 3.05) is 5.33 Å². The van der Waals surface area contributed by atoms with Crippen molar-refractivity contribution in [3.63, 3.8) is 0 Å².